The van der Waals surface area contributed by atoms with E-state index in [9.17, 15) is 4.79 Å². The minimum Gasteiger partial charge on any atom is -0.459 e. The summed E-state index contributed by atoms with van der Waals surface area (Å²) in [5, 5.41) is 2.83. The van der Waals surface area contributed by atoms with Crippen molar-refractivity contribution in [2.45, 2.75) is 13.5 Å². The van der Waals surface area contributed by atoms with E-state index < -0.39 is 0 Å². The van der Waals surface area contributed by atoms with Gasteiger partial charge in [0.15, 0.2) is 5.76 Å². The fourth-order valence-corrected chi connectivity index (χ4v) is 2.37. The van der Waals surface area contributed by atoms with Crippen LogP contribution in [-0.4, -0.2) is 37.2 Å². The quantitative estimate of drug-likeness (QED) is 0.932. The fourth-order valence-electron chi connectivity index (χ4n) is 2.37. The normalized spacial score (nSPS) is 14.9. The first-order valence-electron chi connectivity index (χ1n) is 7.34. The Hall–Kier alpha value is -2.34. The molecule has 0 bridgehead atoms. The van der Waals surface area contributed by atoms with Gasteiger partial charge in [-0.05, 0) is 24.6 Å². The van der Waals surface area contributed by atoms with Crippen LogP contribution in [0.2, 0.25) is 0 Å². The number of nitrogens with zero attached hydrogens (tertiary/aromatic N) is 2. The second kappa shape index (κ2) is 6.62. The van der Waals surface area contributed by atoms with Crippen molar-refractivity contribution in [3.63, 3.8) is 0 Å². The number of amides is 1. The number of aryl methyl sites for hydroxylation is 1. The van der Waals surface area contributed by atoms with Crippen LogP contribution in [0.15, 0.2) is 35.1 Å². The molecule has 1 saturated heterocycles. The molecule has 2 aromatic heterocycles. The molecule has 3 rings (SSSR count). The van der Waals surface area contributed by atoms with Crippen LogP contribution in [0.3, 0.4) is 0 Å². The van der Waals surface area contributed by atoms with Crippen molar-refractivity contribution in [3.05, 3.63) is 47.5 Å². The Morgan fingerprint density at radius 1 is 1.32 bits per heavy atom. The summed E-state index contributed by atoms with van der Waals surface area (Å²) in [5.41, 5.74) is 1.79. The predicted molar refractivity (Wildman–Crippen MR) is 81.9 cm³/mol. The number of nitrogens with one attached hydrogen (secondary N) is 1. The van der Waals surface area contributed by atoms with Crippen molar-refractivity contribution < 1.29 is 13.9 Å². The molecule has 6 heteroatoms. The van der Waals surface area contributed by atoms with Gasteiger partial charge in [0.2, 0.25) is 0 Å². The molecule has 2 aromatic rings. The first-order valence-corrected chi connectivity index (χ1v) is 7.34. The minimum atomic E-state index is -0.209. The van der Waals surface area contributed by atoms with E-state index in [1.165, 1.54) is 6.26 Å². The molecular formula is C16H19N3O3. The molecule has 1 N–H and O–H groups in total. The number of carbonyl (C=O) groups excluding carboxylic acids is 1. The van der Waals surface area contributed by atoms with Gasteiger partial charge in [-0.25, -0.2) is 4.98 Å². The van der Waals surface area contributed by atoms with Gasteiger partial charge in [0.25, 0.3) is 5.91 Å². The lowest BCUT2D eigenvalue weighted by Crippen LogP contribution is -2.36. The monoisotopic (exact) mass is 301 g/mol. The van der Waals surface area contributed by atoms with Crippen LogP contribution in [0.5, 0.6) is 0 Å². The number of morpholine rings is 1. The number of pyridine rings is 1. The minimum absolute atomic E-state index is 0.209. The van der Waals surface area contributed by atoms with Gasteiger partial charge < -0.3 is 19.4 Å². The first kappa shape index (κ1) is 14.6. The Bertz CT molecular complexity index is 630. The van der Waals surface area contributed by atoms with Gasteiger partial charge in [0, 0.05) is 31.4 Å². The Morgan fingerprint density at radius 2 is 2.14 bits per heavy atom. The van der Waals surface area contributed by atoms with E-state index >= 15 is 0 Å². The van der Waals surface area contributed by atoms with Gasteiger partial charge in [0.05, 0.1) is 19.5 Å². The summed E-state index contributed by atoms with van der Waals surface area (Å²) in [6.45, 7) is 5.47. The highest BCUT2D eigenvalue weighted by Crippen LogP contribution is 2.13. The predicted octanol–water partition coefficient (Wildman–Crippen LogP) is 1.75. The Morgan fingerprint density at radius 3 is 2.77 bits per heavy atom. The van der Waals surface area contributed by atoms with Crippen molar-refractivity contribution in [2.75, 3.05) is 31.2 Å². The molecule has 0 spiro atoms. The summed E-state index contributed by atoms with van der Waals surface area (Å²) in [6.07, 6.45) is 3.31. The Kier molecular flexibility index (Phi) is 4.39. The molecule has 0 unspecified atom stereocenters. The summed E-state index contributed by atoms with van der Waals surface area (Å²) >= 11 is 0. The fraction of sp³-hybridized carbons (Fsp3) is 0.375. The lowest BCUT2D eigenvalue weighted by atomic mass is 10.2. The number of hydrogen-bond acceptors (Lipinski definition) is 5. The first-order chi connectivity index (χ1) is 10.7. The van der Waals surface area contributed by atoms with E-state index in [4.69, 9.17) is 9.15 Å². The molecule has 0 saturated carbocycles. The summed E-state index contributed by atoms with van der Waals surface area (Å²) in [6, 6.07) is 5.73. The van der Waals surface area contributed by atoms with Gasteiger partial charge in [-0.2, -0.15) is 0 Å². The number of carbonyl (C=O) groups is 1. The van der Waals surface area contributed by atoms with Crippen LogP contribution in [0, 0.1) is 6.92 Å². The number of anilines is 1. The molecular weight excluding hydrogens is 282 g/mol. The lowest BCUT2D eigenvalue weighted by molar-refractivity contribution is 0.0922. The van der Waals surface area contributed by atoms with Crippen LogP contribution in [-0.2, 0) is 11.3 Å². The average Bonchev–Trinajstić information content (AvgIpc) is 3.00. The van der Waals surface area contributed by atoms with Crippen LogP contribution >= 0.6 is 0 Å². The maximum atomic E-state index is 12.0. The highest BCUT2D eigenvalue weighted by atomic mass is 16.5. The van der Waals surface area contributed by atoms with Gasteiger partial charge in [-0.1, -0.05) is 6.07 Å². The smallest absolute Gasteiger partial charge is 0.287 e. The van der Waals surface area contributed by atoms with E-state index in [2.05, 4.69) is 15.2 Å². The van der Waals surface area contributed by atoms with E-state index in [1.54, 1.807) is 12.3 Å². The summed E-state index contributed by atoms with van der Waals surface area (Å²) in [4.78, 5) is 18.6. The third-order valence-electron chi connectivity index (χ3n) is 3.67. The molecule has 1 aliphatic rings. The molecule has 0 atom stereocenters. The standard InChI is InChI=1S/C16H19N3O3/c1-12-4-7-22-15(12)16(20)18-11-13-2-3-14(17-10-13)19-5-8-21-9-6-19/h2-4,7,10H,5-6,8-9,11H2,1H3,(H,18,20). The van der Waals surface area contributed by atoms with E-state index in [0.29, 0.717) is 12.3 Å². The second-order valence-electron chi connectivity index (χ2n) is 5.24. The van der Waals surface area contributed by atoms with Crippen LogP contribution in [0.25, 0.3) is 0 Å². The molecule has 0 aromatic carbocycles. The van der Waals surface area contributed by atoms with E-state index in [0.717, 1.165) is 43.2 Å². The van der Waals surface area contributed by atoms with Gasteiger partial charge in [-0.15, -0.1) is 0 Å². The molecule has 1 fully saturated rings. The number of aromatic nitrogens is 1. The zero-order valence-corrected chi connectivity index (χ0v) is 12.5. The lowest BCUT2D eigenvalue weighted by Gasteiger charge is -2.27. The van der Waals surface area contributed by atoms with Gasteiger partial charge in [-0.3, -0.25) is 4.79 Å². The molecule has 0 aliphatic carbocycles. The van der Waals surface area contributed by atoms with E-state index in [-0.39, 0.29) is 5.91 Å². The molecule has 22 heavy (non-hydrogen) atoms. The maximum Gasteiger partial charge on any atom is 0.287 e. The highest BCUT2D eigenvalue weighted by Gasteiger charge is 2.13. The van der Waals surface area contributed by atoms with Crippen LogP contribution in [0.4, 0.5) is 5.82 Å². The van der Waals surface area contributed by atoms with Crippen molar-refractivity contribution in [2.24, 2.45) is 0 Å². The second-order valence-corrected chi connectivity index (χ2v) is 5.24. The largest absolute Gasteiger partial charge is 0.459 e. The number of furan rings is 1. The Balaban J connectivity index is 1.57. The molecule has 1 amide bonds. The van der Waals surface area contributed by atoms with Crippen LogP contribution < -0.4 is 10.2 Å². The van der Waals surface area contributed by atoms with E-state index in [1.807, 2.05) is 19.1 Å². The topological polar surface area (TPSA) is 67.6 Å². The molecule has 0 radical (unpaired) electrons. The maximum absolute atomic E-state index is 12.0. The van der Waals surface area contributed by atoms with Crippen molar-refractivity contribution >= 4 is 11.7 Å². The number of rotatable bonds is 4. The SMILES string of the molecule is Cc1ccoc1C(=O)NCc1ccc(N2CCOCC2)nc1. The van der Waals surface area contributed by atoms with Crippen molar-refractivity contribution in [1.82, 2.24) is 10.3 Å². The molecule has 3 heterocycles. The zero-order valence-electron chi connectivity index (χ0n) is 12.5. The van der Waals surface area contributed by atoms with Gasteiger partial charge >= 0.3 is 0 Å². The molecule has 6 nitrogen and oxygen atoms in total. The third kappa shape index (κ3) is 3.28. The van der Waals surface area contributed by atoms with Crippen molar-refractivity contribution in [1.29, 1.82) is 0 Å². The zero-order chi connectivity index (χ0) is 15.4. The summed E-state index contributed by atoms with van der Waals surface area (Å²) in [5.74, 6) is 1.10. The average molecular weight is 301 g/mol. The third-order valence-corrected chi connectivity index (χ3v) is 3.67. The summed E-state index contributed by atoms with van der Waals surface area (Å²) < 4.78 is 10.5. The molecule has 1 aliphatic heterocycles. The molecule has 116 valence electrons. The number of hydrogen-bond donors (Lipinski definition) is 1. The number of ether oxygens (including phenoxy) is 1. The summed E-state index contributed by atoms with van der Waals surface area (Å²) in [7, 11) is 0. The van der Waals surface area contributed by atoms with Crippen molar-refractivity contribution in [3.8, 4) is 0 Å². The highest BCUT2D eigenvalue weighted by molar-refractivity contribution is 5.92. The van der Waals surface area contributed by atoms with Crippen LogP contribution in [0.1, 0.15) is 21.7 Å². The Labute approximate surface area is 129 Å². The van der Waals surface area contributed by atoms with Gasteiger partial charge in [0.1, 0.15) is 5.82 Å².